The number of halogens is 1. The number of piperidine rings is 1. The fourth-order valence-electron chi connectivity index (χ4n) is 3.02. The molecule has 0 unspecified atom stereocenters. The van der Waals surface area contributed by atoms with E-state index in [1.807, 2.05) is 26.0 Å². The van der Waals surface area contributed by atoms with Gasteiger partial charge < -0.3 is 9.64 Å². The number of pyridine rings is 1. The summed E-state index contributed by atoms with van der Waals surface area (Å²) in [4.78, 5) is 6.67. The van der Waals surface area contributed by atoms with E-state index in [0.717, 1.165) is 42.5 Å². The third-order valence-electron chi connectivity index (χ3n) is 4.34. The standard InChI is InChI=1S/C18H23ClN2O.C2H6/c1-2-3-8-21-9-5-15(6-10-21)22-16-11-14-4-7-20-13-17(14)18(19)12-16;1-2/h4,7,11-13,15H,2-3,5-6,8-10H2,1H3;1-2H3. The van der Waals surface area contributed by atoms with Crippen LogP contribution in [0, 0.1) is 0 Å². The van der Waals surface area contributed by atoms with Gasteiger partial charge in [-0.05, 0) is 49.4 Å². The second-order valence-electron chi connectivity index (χ2n) is 6.01. The molecule has 0 radical (unpaired) electrons. The molecule has 0 bridgehead atoms. The number of hydrogen-bond acceptors (Lipinski definition) is 3. The van der Waals surface area contributed by atoms with Gasteiger partial charge in [-0.1, -0.05) is 38.8 Å². The predicted molar refractivity (Wildman–Crippen MR) is 103 cm³/mol. The van der Waals surface area contributed by atoms with Gasteiger partial charge in [-0.3, -0.25) is 4.98 Å². The van der Waals surface area contributed by atoms with Crippen LogP contribution in [0.1, 0.15) is 46.5 Å². The lowest BCUT2D eigenvalue weighted by atomic mass is 10.1. The van der Waals surface area contributed by atoms with Crippen LogP contribution in [0.3, 0.4) is 0 Å². The van der Waals surface area contributed by atoms with Gasteiger partial charge >= 0.3 is 0 Å². The van der Waals surface area contributed by atoms with Crippen molar-refractivity contribution < 1.29 is 4.74 Å². The molecular weight excluding hydrogens is 320 g/mol. The molecule has 1 aliphatic heterocycles. The Bertz CT molecular complexity index is 624. The SMILES string of the molecule is CC.CCCCN1CCC(Oc2cc(Cl)c3cnccc3c2)CC1. The summed E-state index contributed by atoms with van der Waals surface area (Å²) in [7, 11) is 0. The van der Waals surface area contributed by atoms with Gasteiger partial charge in [0.05, 0.1) is 5.02 Å². The molecule has 0 N–H and O–H groups in total. The Kier molecular flexibility index (Phi) is 7.80. The number of aromatic nitrogens is 1. The van der Waals surface area contributed by atoms with E-state index in [4.69, 9.17) is 16.3 Å². The van der Waals surface area contributed by atoms with Crippen molar-refractivity contribution in [3.63, 3.8) is 0 Å². The molecule has 4 heteroatoms. The van der Waals surface area contributed by atoms with Crippen LogP contribution >= 0.6 is 11.6 Å². The van der Waals surface area contributed by atoms with Crippen LogP contribution in [0.4, 0.5) is 0 Å². The van der Waals surface area contributed by atoms with E-state index >= 15 is 0 Å². The largest absolute Gasteiger partial charge is 0.490 e. The van der Waals surface area contributed by atoms with E-state index in [1.165, 1.54) is 19.4 Å². The Morgan fingerprint density at radius 3 is 2.71 bits per heavy atom. The first-order chi connectivity index (χ1) is 11.8. The van der Waals surface area contributed by atoms with E-state index in [0.29, 0.717) is 11.1 Å². The van der Waals surface area contributed by atoms with Gasteiger partial charge in [-0.15, -0.1) is 0 Å². The van der Waals surface area contributed by atoms with Crippen LogP contribution in [-0.2, 0) is 0 Å². The molecule has 132 valence electrons. The summed E-state index contributed by atoms with van der Waals surface area (Å²) in [5.41, 5.74) is 0. The molecule has 2 aromatic rings. The van der Waals surface area contributed by atoms with Crippen molar-refractivity contribution >= 4 is 22.4 Å². The van der Waals surface area contributed by atoms with E-state index in [2.05, 4.69) is 22.9 Å². The molecular formula is C20H29ClN2O. The fourth-order valence-corrected chi connectivity index (χ4v) is 3.29. The minimum atomic E-state index is 0.299. The highest BCUT2D eigenvalue weighted by atomic mass is 35.5. The molecule has 0 aliphatic carbocycles. The fraction of sp³-hybridized carbons (Fsp3) is 0.550. The number of rotatable bonds is 5. The van der Waals surface area contributed by atoms with Crippen molar-refractivity contribution in [3.8, 4) is 5.75 Å². The lowest BCUT2D eigenvalue weighted by Gasteiger charge is -2.32. The van der Waals surface area contributed by atoms with E-state index in [9.17, 15) is 0 Å². The second kappa shape index (κ2) is 9.85. The first-order valence-corrected chi connectivity index (χ1v) is 9.56. The first-order valence-electron chi connectivity index (χ1n) is 9.18. The van der Waals surface area contributed by atoms with Gasteiger partial charge in [0.15, 0.2) is 0 Å². The van der Waals surface area contributed by atoms with Crippen molar-refractivity contribution in [1.29, 1.82) is 0 Å². The number of hydrogen-bond donors (Lipinski definition) is 0. The average molecular weight is 349 g/mol. The predicted octanol–water partition coefficient (Wildman–Crippen LogP) is 5.56. The number of likely N-dealkylation sites (tertiary alicyclic amines) is 1. The number of benzene rings is 1. The Morgan fingerprint density at radius 1 is 1.25 bits per heavy atom. The summed E-state index contributed by atoms with van der Waals surface area (Å²) in [5, 5.41) is 2.77. The zero-order valence-electron chi connectivity index (χ0n) is 15.1. The van der Waals surface area contributed by atoms with Gasteiger partial charge in [-0.2, -0.15) is 0 Å². The maximum atomic E-state index is 6.33. The van der Waals surface area contributed by atoms with E-state index in [-0.39, 0.29) is 0 Å². The van der Waals surface area contributed by atoms with Gasteiger partial charge in [0.25, 0.3) is 0 Å². The molecule has 1 saturated heterocycles. The Morgan fingerprint density at radius 2 is 2.00 bits per heavy atom. The van der Waals surface area contributed by atoms with Crippen LogP contribution in [0.15, 0.2) is 30.6 Å². The third kappa shape index (κ3) is 5.09. The van der Waals surface area contributed by atoms with Gasteiger partial charge in [-0.25, -0.2) is 0 Å². The van der Waals surface area contributed by atoms with E-state index < -0.39 is 0 Å². The Balaban J connectivity index is 0.00000100. The van der Waals surface area contributed by atoms with E-state index in [1.54, 1.807) is 12.4 Å². The molecule has 1 aliphatic rings. The summed E-state index contributed by atoms with van der Waals surface area (Å²) in [5.74, 6) is 0.871. The monoisotopic (exact) mass is 348 g/mol. The van der Waals surface area contributed by atoms with Crippen LogP contribution in [0.2, 0.25) is 5.02 Å². The molecule has 3 nitrogen and oxygen atoms in total. The van der Waals surface area contributed by atoms with Crippen molar-refractivity contribution in [2.75, 3.05) is 19.6 Å². The molecule has 1 aromatic heterocycles. The summed E-state index contributed by atoms with van der Waals surface area (Å²) < 4.78 is 6.17. The van der Waals surface area contributed by atoms with Gasteiger partial charge in [0.1, 0.15) is 11.9 Å². The highest BCUT2D eigenvalue weighted by Gasteiger charge is 2.20. The Hall–Kier alpha value is -1.32. The minimum absolute atomic E-state index is 0.299. The first kappa shape index (κ1) is 19.0. The van der Waals surface area contributed by atoms with Gasteiger partial charge in [0.2, 0.25) is 0 Å². The zero-order chi connectivity index (χ0) is 17.4. The summed E-state index contributed by atoms with van der Waals surface area (Å²) in [6, 6.07) is 5.95. The number of unbranched alkanes of at least 4 members (excludes halogenated alkanes) is 1. The second-order valence-corrected chi connectivity index (χ2v) is 6.42. The average Bonchev–Trinajstić information content (AvgIpc) is 2.63. The lowest BCUT2D eigenvalue weighted by Crippen LogP contribution is -2.38. The molecule has 0 amide bonds. The summed E-state index contributed by atoms with van der Waals surface area (Å²) >= 11 is 6.33. The zero-order valence-corrected chi connectivity index (χ0v) is 15.9. The topological polar surface area (TPSA) is 25.4 Å². The van der Waals surface area contributed by atoms with Crippen molar-refractivity contribution in [1.82, 2.24) is 9.88 Å². The normalized spacial score (nSPS) is 15.8. The third-order valence-corrected chi connectivity index (χ3v) is 4.66. The smallest absolute Gasteiger partial charge is 0.121 e. The quantitative estimate of drug-likeness (QED) is 0.707. The molecule has 3 rings (SSSR count). The summed E-state index contributed by atoms with van der Waals surface area (Å²) in [6.45, 7) is 9.73. The van der Waals surface area contributed by atoms with Crippen LogP contribution in [-0.4, -0.2) is 35.6 Å². The van der Waals surface area contributed by atoms with Crippen molar-refractivity contribution in [2.45, 2.75) is 52.6 Å². The molecule has 0 saturated carbocycles. The van der Waals surface area contributed by atoms with Crippen molar-refractivity contribution in [2.24, 2.45) is 0 Å². The molecule has 24 heavy (non-hydrogen) atoms. The molecule has 0 spiro atoms. The van der Waals surface area contributed by atoms with Crippen molar-refractivity contribution in [3.05, 3.63) is 35.6 Å². The molecule has 0 atom stereocenters. The lowest BCUT2D eigenvalue weighted by molar-refractivity contribution is 0.0999. The number of fused-ring (bicyclic) bond motifs is 1. The maximum Gasteiger partial charge on any atom is 0.121 e. The highest BCUT2D eigenvalue weighted by molar-refractivity contribution is 6.35. The molecule has 2 heterocycles. The number of nitrogens with zero attached hydrogens (tertiary/aromatic N) is 2. The van der Waals surface area contributed by atoms with Crippen LogP contribution in [0.5, 0.6) is 5.75 Å². The Labute approximate surface area is 151 Å². The minimum Gasteiger partial charge on any atom is -0.490 e. The van der Waals surface area contributed by atoms with Gasteiger partial charge in [0, 0.05) is 30.9 Å². The maximum absolute atomic E-state index is 6.33. The molecule has 1 fully saturated rings. The number of ether oxygens (including phenoxy) is 1. The van der Waals surface area contributed by atoms with Crippen LogP contribution < -0.4 is 4.74 Å². The highest BCUT2D eigenvalue weighted by Crippen LogP contribution is 2.30. The molecule has 1 aromatic carbocycles. The summed E-state index contributed by atoms with van der Waals surface area (Å²) in [6.07, 6.45) is 8.63. The van der Waals surface area contributed by atoms with Crippen LogP contribution in [0.25, 0.3) is 10.8 Å².